The molecule has 1 atom stereocenters. The van der Waals surface area contributed by atoms with Crippen LogP contribution >= 0.6 is 0 Å². The molecule has 0 radical (unpaired) electrons. The SMILES string of the molecule is Cc1ccc([C@@H](C)NC2(C#N)C3CC4CC(C3)CC2C4)c(C)c1. The minimum absolute atomic E-state index is 0.243. The number of nitrogens with zero attached hydrogens (tertiary/aromatic N) is 1. The fourth-order valence-corrected chi connectivity index (χ4v) is 6.13. The van der Waals surface area contributed by atoms with E-state index in [1.54, 1.807) is 0 Å². The summed E-state index contributed by atoms with van der Waals surface area (Å²) in [5.41, 5.74) is 3.70. The average Bonchev–Trinajstić information content (AvgIpc) is 2.50. The summed E-state index contributed by atoms with van der Waals surface area (Å²) in [5, 5.41) is 14.0. The Bertz CT molecular complexity index is 626. The summed E-state index contributed by atoms with van der Waals surface area (Å²) in [7, 11) is 0. The van der Waals surface area contributed by atoms with Crippen molar-refractivity contribution < 1.29 is 0 Å². The first-order chi connectivity index (χ1) is 11.0. The highest BCUT2D eigenvalue weighted by Crippen LogP contribution is 2.58. The maximum absolute atomic E-state index is 10.1. The van der Waals surface area contributed by atoms with E-state index in [4.69, 9.17) is 0 Å². The van der Waals surface area contributed by atoms with Crippen LogP contribution in [0, 0.1) is 48.9 Å². The van der Waals surface area contributed by atoms with E-state index in [0.717, 1.165) is 11.8 Å². The Labute approximate surface area is 140 Å². The first-order valence-electron chi connectivity index (χ1n) is 9.28. The van der Waals surface area contributed by atoms with Crippen molar-refractivity contribution in [1.29, 1.82) is 5.26 Å². The number of hydrogen-bond donors (Lipinski definition) is 1. The van der Waals surface area contributed by atoms with Gasteiger partial charge in [0, 0.05) is 6.04 Å². The summed E-state index contributed by atoms with van der Waals surface area (Å²) < 4.78 is 0. The zero-order valence-electron chi connectivity index (χ0n) is 14.6. The van der Waals surface area contributed by atoms with E-state index in [9.17, 15) is 5.26 Å². The van der Waals surface area contributed by atoms with Crippen molar-refractivity contribution in [2.45, 2.75) is 64.5 Å². The van der Waals surface area contributed by atoms with Crippen LogP contribution in [0.15, 0.2) is 18.2 Å². The Morgan fingerprint density at radius 2 is 1.70 bits per heavy atom. The van der Waals surface area contributed by atoms with Crippen LogP contribution in [0.3, 0.4) is 0 Å². The molecule has 0 saturated heterocycles. The molecule has 0 unspecified atom stereocenters. The topological polar surface area (TPSA) is 35.8 Å². The van der Waals surface area contributed by atoms with Crippen LogP contribution in [-0.2, 0) is 0 Å². The molecule has 23 heavy (non-hydrogen) atoms. The summed E-state index contributed by atoms with van der Waals surface area (Å²) in [6.45, 7) is 6.57. The van der Waals surface area contributed by atoms with Crippen molar-refractivity contribution in [1.82, 2.24) is 5.32 Å². The van der Waals surface area contributed by atoms with Crippen molar-refractivity contribution in [3.8, 4) is 6.07 Å². The molecule has 0 spiro atoms. The highest BCUT2D eigenvalue weighted by molar-refractivity contribution is 5.34. The fraction of sp³-hybridized carbons (Fsp3) is 0.667. The van der Waals surface area contributed by atoms with Gasteiger partial charge < -0.3 is 0 Å². The standard InChI is InChI=1S/C21H28N2/c1-13-4-5-20(14(2)6-13)15(3)23-21(12-22)18-8-16-7-17(10-18)11-19(21)9-16/h4-6,15-19,23H,7-11H2,1-3H3/t15-,16?,17?,18?,19?,21?/m1/s1. The molecule has 2 nitrogen and oxygen atoms in total. The lowest BCUT2D eigenvalue weighted by atomic mass is 9.49. The molecule has 0 aromatic heterocycles. The maximum Gasteiger partial charge on any atom is 0.112 e. The molecular formula is C21H28N2. The smallest absolute Gasteiger partial charge is 0.112 e. The van der Waals surface area contributed by atoms with Crippen molar-refractivity contribution >= 4 is 0 Å². The monoisotopic (exact) mass is 308 g/mol. The molecule has 4 fully saturated rings. The van der Waals surface area contributed by atoms with Crippen LogP contribution in [0.25, 0.3) is 0 Å². The summed E-state index contributed by atoms with van der Waals surface area (Å²) in [6, 6.07) is 9.71. The van der Waals surface area contributed by atoms with Gasteiger partial charge >= 0.3 is 0 Å². The van der Waals surface area contributed by atoms with E-state index in [-0.39, 0.29) is 11.6 Å². The van der Waals surface area contributed by atoms with E-state index in [2.05, 4.69) is 50.4 Å². The number of aryl methyl sites for hydroxylation is 2. The van der Waals surface area contributed by atoms with Gasteiger partial charge in [-0.15, -0.1) is 0 Å². The molecule has 5 rings (SSSR count). The predicted molar refractivity (Wildman–Crippen MR) is 92.9 cm³/mol. The predicted octanol–water partition coefficient (Wildman–Crippen LogP) is 4.67. The lowest BCUT2D eigenvalue weighted by Gasteiger charge is -2.59. The van der Waals surface area contributed by atoms with Gasteiger partial charge in [0.25, 0.3) is 0 Å². The second-order valence-electron chi connectivity index (χ2n) is 8.51. The van der Waals surface area contributed by atoms with Crippen LogP contribution in [0.2, 0.25) is 0 Å². The van der Waals surface area contributed by atoms with Gasteiger partial charge in [-0.2, -0.15) is 5.26 Å². The first-order valence-corrected chi connectivity index (χ1v) is 9.28. The lowest BCUT2D eigenvalue weighted by molar-refractivity contribution is -0.0506. The highest BCUT2D eigenvalue weighted by atomic mass is 15.0. The number of benzene rings is 1. The summed E-state index contributed by atoms with van der Waals surface area (Å²) >= 11 is 0. The normalized spacial score (nSPS) is 39.2. The van der Waals surface area contributed by atoms with Crippen molar-refractivity contribution in [3.63, 3.8) is 0 Å². The molecule has 0 aliphatic heterocycles. The minimum Gasteiger partial charge on any atom is -0.292 e. The van der Waals surface area contributed by atoms with Crippen LogP contribution in [0.5, 0.6) is 0 Å². The van der Waals surface area contributed by atoms with Crippen molar-refractivity contribution in [2.24, 2.45) is 23.7 Å². The van der Waals surface area contributed by atoms with Gasteiger partial charge in [-0.1, -0.05) is 23.8 Å². The van der Waals surface area contributed by atoms with Crippen LogP contribution in [0.1, 0.15) is 61.8 Å². The molecular weight excluding hydrogens is 280 g/mol. The third kappa shape index (κ3) is 2.32. The van der Waals surface area contributed by atoms with E-state index in [0.29, 0.717) is 11.8 Å². The van der Waals surface area contributed by atoms with Crippen LogP contribution in [0.4, 0.5) is 0 Å². The Kier molecular flexibility index (Phi) is 3.54. The zero-order valence-corrected chi connectivity index (χ0v) is 14.6. The molecule has 4 saturated carbocycles. The Balaban J connectivity index is 1.62. The van der Waals surface area contributed by atoms with E-state index >= 15 is 0 Å². The molecule has 122 valence electrons. The second kappa shape index (κ2) is 5.35. The molecule has 2 heteroatoms. The summed E-state index contributed by atoms with van der Waals surface area (Å²) in [4.78, 5) is 0. The molecule has 0 amide bonds. The quantitative estimate of drug-likeness (QED) is 0.880. The van der Waals surface area contributed by atoms with Gasteiger partial charge in [0.2, 0.25) is 0 Å². The number of rotatable bonds is 3. The average molecular weight is 308 g/mol. The number of nitrogens with one attached hydrogen (secondary N) is 1. The fourth-order valence-electron chi connectivity index (χ4n) is 6.13. The van der Waals surface area contributed by atoms with Crippen LogP contribution in [-0.4, -0.2) is 5.54 Å². The number of nitriles is 1. The van der Waals surface area contributed by atoms with Gasteiger partial charge in [0.1, 0.15) is 5.54 Å². The summed E-state index contributed by atoms with van der Waals surface area (Å²) in [6.07, 6.45) is 6.52. The van der Waals surface area contributed by atoms with Crippen molar-refractivity contribution in [2.75, 3.05) is 0 Å². The van der Waals surface area contributed by atoms with Gasteiger partial charge in [-0.05, 0) is 87.7 Å². The lowest BCUT2D eigenvalue weighted by Crippen LogP contribution is -2.64. The second-order valence-corrected chi connectivity index (χ2v) is 8.51. The molecule has 1 aromatic rings. The number of hydrogen-bond acceptors (Lipinski definition) is 2. The van der Waals surface area contributed by atoms with E-state index in [1.165, 1.54) is 48.8 Å². The zero-order chi connectivity index (χ0) is 16.2. The Hall–Kier alpha value is -1.33. The maximum atomic E-state index is 10.1. The summed E-state index contributed by atoms with van der Waals surface area (Å²) in [5.74, 6) is 2.93. The molecule has 0 heterocycles. The third-order valence-electron chi connectivity index (χ3n) is 6.96. The first kappa shape index (κ1) is 15.2. The largest absolute Gasteiger partial charge is 0.292 e. The van der Waals surface area contributed by atoms with Gasteiger partial charge in [0.15, 0.2) is 0 Å². The van der Waals surface area contributed by atoms with Gasteiger partial charge in [-0.3, -0.25) is 5.32 Å². The third-order valence-corrected chi connectivity index (χ3v) is 6.96. The molecule has 4 aliphatic rings. The van der Waals surface area contributed by atoms with Gasteiger partial charge in [-0.25, -0.2) is 0 Å². The van der Waals surface area contributed by atoms with Crippen LogP contribution < -0.4 is 5.32 Å². The molecule has 4 bridgehead atoms. The Morgan fingerprint density at radius 3 is 2.22 bits per heavy atom. The molecule has 4 aliphatic carbocycles. The molecule has 1 N–H and O–H groups in total. The highest BCUT2D eigenvalue weighted by Gasteiger charge is 2.58. The Morgan fingerprint density at radius 1 is 1.09 bits per heavy atom. The van der Waals surface area contributed by atoms with Crippen molar-refractivity contribution in [3.05, 3.63) is 34.9 Å². The van der Waals surface area contributed by atoms with Gasteiger partial charge in [0.05, 0.1) is 6.07 Å². The van der Waals surface area contributed by atoms with E-state index < -0.39 is 0 Å². The molecule has 1 aromatic carbocycles. The minimum atomic E-state index is -0.288. The van der Waals surface area contributed by atoms with E-state index in [1.807, 2.05) is 0 Å².